The summed E-state index contributed by atoms with van der Waals surface area (Å²) >= 11 is 11.4. The molecule has 0 spiro atoms. The maximum absolute atomic E-state index is 11.8. The SMILES string of the molecule is COc1ccc(-n2nc3cc(C)c(NC(=S)NC(=O)C(C)C)cc3n2)cc1Cl. The van der Waals surface area contributed by atoms with Crippen LogP contribution in [0.25, 0.3) is 16.7 Å². The number of nitrogens with zero attached hydrogens (tertiary/aromatic N) is 3. The zero-order chi connectivity index (χ0) is 20.4. The number of fused-ring (bicyclic) bond motifs is 1. The first-order valence-electron chi connectivity index (χ1n) is 8.62. The number of carbonyl (C=O) groups is 1. The van der Waals surface area contributed by atoms with Crippen molar-refractivity contribution in [3.05, 3.63) is 40.9 Å². The average molecular weight is 418 g/mol. The number of aryl methyl sites for hydroxylation is 1. The van der Waals surface area contributed by atoms with Gasteiger partial charge < -0.3 is 15.4 Å². The molecule has 28 heavy (non-hydrogen) atoms. The van der Waals surface area contributed by atoms with Crippen molar-refractivity contribution in [2.75, 3.05) is 12.4 Å². The van der Waals surface area contributed by atoms with Crippen LogP contribution >= 0.6 is 23.8 Å². The maximum Gasteiger partial charge on any atom is 0.228 e. The van der Waals surface area contributed by atoms with Gasteiger partial charge in [-0.2, -0.15) is 4.80 Å². The van der Waals surface area contributed by atoms with Crippen molar-refractivity contribution in [2.24, 2.45) is 5.92 Å². The number of hydrogen-bond donors (Lipinski definition) is 2. The molecule has 0 fully saturated rings. The molecule has 0 saturated heterocycles. The van der Waals surface area contributed by atoms with E-state index in [1.807, 2.05) is 25.1 Å². The van der Waals surface area contributed by atoms with Crippen LogP contribution < -0.4 is 15.4 Å². The monoisotopic (exact) mass is 417 g/mol. The summed E-state index contributed by atoms with van der Waals surface area (Å²) in [5, 5.41) is 15.5. The molecule has 9 heteroatoms. The van der Waals surface area contributed by atoms with E-state index in [0.29, 0.717) is 22.0 Å². The first-order chi connectivity index (χ1) is 13.3. The summed E-state index contributed by atoms with van der Waals surface area (Å²) in [5.41, 5.74) is 3.80. The molecule has 3 aromatic rings. The maximum atomic E-state index is 11.8. The Hall–Kier alpha value is -2.71. The van der Waals surface area contributed by atoms with Crippen LogP contribution in [0.4, 0.5) is 5.69 Å². The molecule has 0 radical (unpaired) electrons. The topological polar surface area (TPSA) is 81.1 Å². The summed E-state index contributed by atoms with van der Waals surface area (Å²) < 4.78 is 5.17. The molecule has 7 nitrogen and oxygen atoms in total. The van der Waals surface area contributed by atoms with Gasteiger partial charge in [0.15, 0.2) is 5.11 Å². The van der Waals surface area contributed by atoms with Crippen LogP contribution in [0.3, 0.4) is 0 Å². The number of thiocarbonyl (C=S) groups is 1. The first-order valence-corrected chi connectivity index (χ1v) is 9.40. The van der Waals surface area contributed by atoms with Gasteiger partial charge in [-0.25, -0.2) is 0 Å². The molecule has 0 aliphatic carbocycles. The van der Waals surface area contributed by atoms with E-state index in [2.05, 4.69) is 20.8 Å². The van der Waals surface area contributed by atoms with E-state index in [9.17, 15) is 4.79 Å². The minimum atomic E-state index is -0.153. The highest BCUT2D eigenvalue weighted by molar-refractivity contribution is 7.80. The van der Waals surface area contributed by atoms with Crippen molar-refractivity contribution >= 4 is 51.6 Å². The third kappa shape index (κ3) is 4.23. The number of methoxy groups -OCH3 is 1. The Kier molecular flexibility index (Phi) is 5.81. The second-order valence-electron chi connectivity index (χ2n) is 6.56. The second kappa shape index (κ2) is 8.12. The summed E-state index contributed by atoms with van der Waals surface area (Å²) in [5.74, 6) is 0.291. The molecule has 1 heterocycles. The number of amides is 1. The van der Waals surface area contributed by atoms with E-state index in [-0.39, 0.29) is 16.9 Å². The molecule has 1 amide bonds. The lowest BCUT2D eigenvalue weighted by Crippen LogP contribution is -2.36. The van der Waals surface area contributed by atoms with Crippen molar-refractivity contribution in [3.8, 4) is 11.4 Å². The predicted octanol–water partition coefficient (Wildman–Crippen LogP) is 3.86. The van der Waals surface area contributed by atoms with Crippen LogP contribution in [0.15, 0.2) is 30.3 Å². The molecule has 0 atom stereocenters. The van der Waals surface area contributed by atoms with Gasteiger partial charge in [0.1, 0.15) is 16.8 Å². The Morgan fingerprint density at radius 2 is 1.89 bits per heavy atom. The molecule has 146 valence electrons. The fourth-order valence-electron chi connectivity index (χ4n) is 2.51. The molecule has 0 unspecified atom stereocenters. The summed E-state index contributed by atoms with van der Waals surface area (Å²) in [7, 11) is 1.56. The van der Waals surface area contributed by atoms with Gasteiger partial charge in [0.2, 0.25) is 5.91 Å². The van der Waals surface area contributed by atoms with Crippen molar-refractivity contribution in [3.63, 3.8) is 0 Å². The Labute approximate surface area is 173 Å². The number of hydrogen-bond acceptors (Lipinski definition) is 5. The number of aromatic nitrogens is 3. The van der Waals surface area contributed by atoms with Gasteiger partial charge in [-0.3, -0.25) is 4.79 Å². The van der Waals surface area contributed by atoms with Crippen molar-refractivity contribution in [1.29, 1.82) is 0 Å². The number of ether oxygens (including phenoxy) is 1. The minimum absolute atomic E-state index is 0.140. The number of benzene rings is 2. The Morgan fingerprint density at radius 1 is 1.21 bits per heavy atom. The van der Waals surface area contributed by atoms with Gasteiger partial charge in [0.25, 0.3) is 0 Å². The molecular weight excluding hydrogens is 398 g/mol. The number of anilines is 1. The van der Waals surface area contributed by atoms with E-state index >= 15 is 0 Å². The molecule has 0 saturated carbocycles. The van der Waals surface area contributed by atoms with E-state index < -0.39 is 0 Å². The zero-order valence-corrected chi connectivity index (χ0v) is 17.5. The lowest BCUT2D eigenvalue weighted by molar-refractivity contribution is -0.122. The van der Waals surface area contributed by atoms with Crippen LogP contribution in [0.1, 0.15) is 19.4 Å². The van der Waals surface area contributed by atoms with Crippen LogP contribution in [0.5, 0.6) is 5.75 Å². The fraction of sp³-hybridized carbons (Fsp3) is 0.263. The van der Waals surface area contributed by atoms with E-state index in [0.717, 1.165) is 16.8 Å². The van der Waals surface area contributed by atoms with Crippen molar-refractivity contribution in [2.45, 2.75) is 20.8 Å². The summed E-state index contributed by atoms with van der Waals surface area (Å²) in [4.78, 5) is 13.3. The van der Waals surface area contributed by atoms with E-state index in [1.54, 1.807) is 33.1 Å². The van der Waals surface area contributed by atoms with Gasteiger partial charge in [0, 0.05) is 11.6 Å². The Balaban J connectivity index is 1.88. The minimum Gasteiger partial charge on any atom is -0.495 e. The summed E-state index contributed by atoms with van der Waals surface area (Å²) in [6.07, 6.45) is 0. The third-order valence-electron chi connectivity index (χ3n) is 4.10. The van der Waals surface area contributed by atoms with Crippen LogP contribution in [0, 0.1) is 12.8 Å². The van der Waals surface area contributed by atoms with Crippen molar-refractivity contribution in [1.82, 2.24) is 20.3 Å². The molecule has 0 aliphatic rings. The number of nitrogens with one attached hydrogen (secondary N) is 2. The Bertz CT molecular complexity index is 1060. The highest BCUT2D eigenvalue weighted by atomic mass is 35.5. The molecule has 2 aromatic carbocycles. The standard InChI is InChI=1S/C19H20ClN5O2S/c1-10(2)18(26)22-19(28)21-14-9-16-15(7-11(14)3)23-25(24-16)12-5-6-17(27-4)13(20)8-12/h5-10H,1-4H3,(H2,21,22,26,28). The lowest BCUT2D eigenvalue weighted by Gasteiger charge is -2.12. The zero-order valence-electron chi connectivity index (χ0n) is 15.9. The van der Waals surface area contributed by atoms with Crippen LogP contribution in [-0.4, -0.2) is 33.1 Å². The van der Waals surface area contributed by atoms with E-state index in [4.69, 9.17) is 28.6 Å². The highest BCUT2D eigenvalue weighted by Gasteiger charge is 2.13. The summed E-state index contributed by atoms with van der Waals surface area (Å²) in [6, 6.07) is 9.07. The quantitative estimate of drug-likeness (QED) is 0.627. The molecule has 0 aliphatic heterocycles. The Morgan fingerprint density at radius 3 is 2.50 bits per heavy atom. The van der Waals surface area contributed by atoms with Crippen LogP contribution in [-0.2, 0) is 4.79 Å². The highest BCUT2D eigenvalue weighted by Crippen LogP contribution is 2.27. The second-order valence-corrected chi connectivity index (χ2v) is 7.38. The van der Waals surface area contributed by atoms with Gasteiger partial charge in [-0.15, -0.1) is 10.2 Å². The summed E-state index contributed by atoms with van der Waals surface area (Å²) in [6.45, 7) is 5.54. The van der Waals surface area contributed by atoms with Gasteiger partial charge >= 0.3 is 0 Å². The molecule has 2 N–H and O–H groups in total. The average Bonchev–Trinajstić information content (AvgIpc) is 3.04. The number of carbonyl (C=O) groups excluding carboxylic acids is 1. The number of rotatable bonds is 4. The smallest absolute Gasteiger partial charge is 0.228 e. The normalized spacial score (nSPS) is 10.9. The molecular formula is C19H20ClN5O2S. The predicted molar refractivity (Wildman–Crippen MR) is 114 cm³/mol. The van der Waals surface area contributed by atoms with Crippen LogP contribution in [0.2, 0.25) is 5.02 Å². The van der Waals surface area contributed by atoms with Crippen molar-refractivity contribution < 1.29 is 9.53 Å². The van der Waals surface area contributed by atoms with E-state index in [1.165, 1.54) is 4.80 Å². The van der Waals surface area contributed by atoms with Gasteiger partial charge in [-0.05, 0) is 55.0 Å². The van der Waals surface area contributed by atoms with Gasteiger partial charge in [0.05, 0.1) is 17.8 Å². The fourth-order valence-corrected chi connectivity index (χ4v) is 2.97. The largest absolute Gasteiger partial charge is 0.495 e. The lowest BCUT2D eigenvalue weighted by atomic mass is 10.2. The third-order valence-corrected chi connectivity index (χ3v) is 4.60. The first kappa shape index (κ1) is 20.0. The van der Waals surface area contributed by atoms with Gasteiger partial charge in [-0.1, -0.05) is 25.4 Å². The molecule has 1 aromatic heterocycles. The molecule has 3 rings (SSSR count). The molecule has 0 bridgehead atoms. The number of halogens is 1.